The molecule has 0 aromatic heterocycles. The fraction of sp³-hybridized carbons (Fsp3) is 0. The molecule has 0 aliphatic carbocycles. The number of fused-ring (bicyclic) bond motifs is 1. The van der Waals surface area contributed by atoms with Crippen LogP contribution in [-0.2, 0) is 20.2 Å². The smallest absolute Gasteiger partial charge is 0.505 e. The average molecular weight is 596 g/mol. The van der Waals surface area contributed by atoms with Crippen molar-refractivity contribution in [3.05, 3.63) is 76.8 Å². The number of nitrogen functional groups attached to an aromatic ring is 1. The van der Waals surface area contributed by atoms with Crippen molar-refractivity contribution < 1.29 is 65.5 Å². The van der Waals surface area contributed by atoms with E-state index < -0.39 is 57.8 Å². The third-order valence-electron chi connectivity index (χ3n) is 5.22. The van der Waals surface area contributed by atoms with Gasteiger partial charge in [0.15, 0.2) is 5.75 Å². The van der Waals surface area contributed by atoms with E-state index in [1.165, 1.54) is 24.3 Å². The number of nitrogens with zero attached hydrogens (tertiary/aromatic N) is 5. The van der Waals surface area contributed by atoms with Crippen molar-refractivity contribution in [2.24, 2.45) is 20.5 Å². The number of nitro groups is 1. The minimum Gasteiger partial charge on any atom is -0.505 e. The number of nitrogens with two attached hydrogens (primary N) is 1. The normalized spacial score (nSPS) is 12.2. The molecular weight excluding hydrogens is 579 g/mol. The van der Waals surface area contributed by atoms with Crippen molar-refractivity contribution >= 4 is 65.1 Å². The van der Waals surface area contributed by atoms with Crippen molar-refractivity contribution in [1.29, 1.82) is 0 Å². The predicted molar refractivity (Wildman–Crippen MR) is 138 cm³/mol. The fourth-order valence-corrected chi connectivity index (χ4v) is 4.78. The molecule has 0 saturated heterocycles. The van der Waals surface area contributed by atoms with Gasteiger partial charge in [0.1, 0.15) is 21.2 Å². The summed E-state index contributed by atoms with van der Waals surface area (Å²) in [6, 6.07) is 14.2. The Morgan fingerprint density at radius 2 is 1.23 bits per heavy atom. The zero-order valence-corrected chi connectivity index (χ0v) is 23.9. The van der Waals surface area contributed by atoms with E-state index >= 15 is 0 Å². The topological polar surface area (TPSA) is 248 Å². The monoisotopic (exact) mass is 595 g/mol. The van der Waals surface area contributed by atoms with E-state index in [2.05, 4.69) is 20.5 Å². The van der Waals surface area contributed by atoms with Gasteiger partial charge in [-0.3, -0.25) is 19.2 Å². The van der Waals surface area contributed by atoms with Gasteiger partial charge < -0.3 is 10.8 Å². The molecule has 0 heterocycles. The van der Waals surface area contributed by atoms with Crippen LogP contribution < -0.4 is 35.3 Å². The van der Waals surface area contributed by atoms with Gasteiger partial charge >= 0.3 is 29.6 Å². The molecule has 0 saturated carbocycles. The number of hydrogen-bond donors (Lipinski definition) is 4. The second-order valence-electron chi connectivity index (χ2n) is 7.77. The Morgan fingerprint density at radius 3 is 1.73 bits per heavy atom. The predicted octanol–water partition coefficient (Wildman–Crippen LogP) is 2.36. The summed E-state index contributed by atoms with van der Waals surface area (Å²) in [7, 11) is -10.1. The first kappa shape index (κ1) is 30.7. The zero-order chi connectivity index (χ0) is 28.5. The number of rotatable bonds is 7. The van der Waals surface area contributed by atoms with E-state index in [0.717, 1.165) is 24.3 Å². The first-order valence-electron chi connectivity index (χ1n) is 10.5. The molecule has 0 bridgehead atoms. The minimum atomic E-state index is -5.05. The van der Waals surface area contributed by atoms with Crippen molar-refractivity contribution in [2.45, 2.75) is 9.79 Å². The molecule has 4 aromatic rings. The first-order chi connectivity index (χ1) is 18.3. The molecule has 15 nitrogen and oxygen atoms in total. The maximum absolute atomic E-state index is 12.1. The van der Waals surface area contributed by atoms with Crippen LogP contribution in [0, 0.1) is 10.1 Å². The Bertz CT molecular complexity index is 1900. The summed E-state index contributed by atoms with van der Waals surface area (Å²) in [4.78, 5) is 8.37. The molecule has 18 heteroatoms. The first-order valence-corrected chi connectivity index (χ1v) is 13.4. The molecule has 0 aliphatic heterocycles. The standard InChI is InChI=1S/C22H16N6O9S2.Na/c23-19-18-12(11-17(39(35,36)37)21(22(18)29)27-24-13-4-2-1-3-5-13)10-16(38(32,33)34)20(19)26-25-14-6-8-15(9-7-14)28(30)31;/h1-11,29H,23H2,(H,32,33,34)(H,35,36,37);/q;+1. The Balaban J connectivity index is 0.00000441. The van der Waals surface area contributed by atoms with Crippen LogP contribution in [0.3, 0.4) is 0 Å². The number of nitro benzene ring substituents is 1. The summed E-state index contributed by atoms with van der Waals surface area (Å²) < 4.78 is 68.0. The summed E-state index contributed by atoms with van der Waals surface area (Å²) >= 11 is 0. The minimum absolute atomic E-state index is 0. The number of phenols is 1. The van der Waals surface area contributed by atoms with Gasteiger partial charge in [0, 0.05) is 12.1 Å². The van der Waals surface area contributed by atoms with Crippen LogP contribution in [0.2, 0.25) is 0 Å². The summed E-state index contributed by atoms with van der Waals surface area (Å²) in [6.07, 6.45) is 0. The third-order valence-corrected chi connectivity index (χ3v) is 6.95. The van der Waals surface area contributed by atoms with Crippen molar-refractivity contribution in [2.75, 3.05) is 5.73 Å². The number of benzene rings is 4. The Labute approximate surface area is 248 Å². The number of anilines is 1. The second-order valence-corrected chi connectivity index (χ2v) is 10.5. The molecule has 4 rings (SSSR count). The molecule has 0 unspecified atom stereocenters. The van der Waals surface area contributed by atoms with Gasteiger partial charge in [0.25, 0.3) is 25.9 Å². The van der Waals surface area contributed by atoms with Crippen LogP contribution in [0.1, 0.15) is 0 Å². The Hall–Kier alpha value is -3.84. The maximum atomic E-state index is 12.1. The summed E-state index contributed by atoms with van der Waals surface area (Å²) in [5.41, 5.74) is 4.29. The van der Waals surface area contributed by atoms with Crippen LogP contribution >= 0.6 is 0 Å². The van der Waals surface area contributed by atoms with Crippen LogP contribution in [0.15, 0.2) is 97.0 Å². The van der Waals surface area contributed by atoms with Gasteiger partial charge in [0.05, 0.1) is 27.4 Å². The van der Waals surface area contributed by atoms with Gasteiger partial charge in [-0.2, -0.15) is 27.1 Å². The van der Waals surface area contributed by atoms with Gasteiger partial charge in [-0.1, -0.05) is 18.2 Å². The Morgan fingerprint density at radius 1 is 0.750 bits per heavy atom. The number of aromatic hydroxyl groups is 1. The number of non-ortho nitro benzene ring substituents is 1. The zero-order valence-electron chi connectivity index (χ0n) is 20.3. The van der Waals surface area contributed by atoms with Crippen LogP contribution in [0.4, 0.5) is 34.1 Å². The van der Waals surface area contributed by atoms with Crippen molar-refractivity contribution in [3.63, 3.8) is 0 Å². The molecule has 0 spiro atoms. The number of azo groups is 2. The molecule has 0 aliphatic rings. The van der Waals surface area contributed by atoms with Crippen molar-refractivity contribution in [1.82, 2.24) is 0 Å². The summed E-state index contributed by atoms with van der Waals surface area (Å²) in [5.74, 6) is -0.897. The molecule has 40 heavy (non-hydrogen) atoms. The van der Waals surface area contributed by atoms with Crippen LogP contribution in [-0.4, -0.2) is 36.0 Å². The SMILES string of the molecule is Nc1c(N=Nc2ccc([N+](=O)[O-])cc2)c(S(=O)(=O)O)cc2cc(S(=O)(=O)O)c(N=Nc3ccccc3)c(O)c12.[Na+]. The van der Waals surface area contributed by atoms with E-state index in [-0.39, 0.29) is 57.4 Å². The molecular formula is C22H16N6NaO9S2+. The summed E-state index contributed by atoms with van der Waals surface area (Å²) in [5, 5.41) is 36.3. The van der Waals surface area contributed by atoms with Crippen LogP contribution in [0.25, 0.3) is 10.8 Å². The number of hydrogen-bond acceptors (Lipinski definition) is 12. The van der Waals surface area contributed by atoms with Gasteiger partial charge in [0.2, 0.25) is 0 Å². The van der Waals surface area contributed by atoms with Gasteiger partial charge in [-0.15, -0.1) is 10.2 Å². The molecule has 0 fully saturated rings. The summed E-state index contributed by atoms with van der Waals surface area (Å²) in [6.45, 7) is 0. The molecule has 4 aromatic carbocycles. The van der Waals surface area contributed by atoms with E-state index in [4.69, 9.17) is 5.73 Å². The molecule has 0 radical (unpaired) electrons. The van der Waals surface area contributed by atoms with Crippen LogP contribution in [0.5, 0.6) is 5.75 Å². The van der Waals surface area contributed by atoms with E-state index in [9.17, 15) is 41.2 Å². The van der Waals surface area contributed by atoms with Crippen molar-refractivity contribution in [3.8, 4) is 5.75 Å². The average Bonchev–Trinajstić information content (AvgIpc) is 2.86. The largest absolute Gasteiger partial charge is 1.00 e. The molecule has 0 amide bonds. The quantitative estimate of drug-likeness (QED) is 0.0606. The van der Waals surface area contributed by atoms with E-state index in [1.807, 2.05) is 0 Å². The molecule has 5 N–H and O–H groups in total. The number of phenolic OH excluding ortho intramolecular Hbond substituents is 1. The second kappa shape index (κ2) is 11.7. The Kier molecular flexibility index (Phi) is 9.00. The molecule has 0 atom stereocenters. The van der Waals surface area contributed by atoms with E-state index in [0.29, 0.717) is 0 Å². The maximum Gasteiger partial charge on any atom is 1.00 e. The molecule has 200 valence electrons. The van der Waals surface area contributed by atoms with Gasteiger partial charge in [-0.05, 0) is 41.8 Å². The van der Waals surface area contributed by atoms with E-state index in [1.54, 1.807) is 18.2 Å². The fourth-order valence-electron chi connectivity index (χ4n) is 3.46. The third kappa shape index (κ3) is 6.48. The van der Waals surface area contributed by atoms with Gasteiger partial charge in [-0.25, -0.2) is 0 Å².